The second-order valence-corrected chi connectivity index (χ2v) is 4.40. The molecule has 106 valence electrons. The summed E-state index contributed by atoms with van der Waals surface area (Å²) in [7, 11) is 1.65. The molecule has 1 heterocycles. The maximum absolute atomic E-state index is 5.74. The van der Waals surface area contributed by atoms with Gasteiger partial charge >= 0.3 is 0 Å². The number of H-pyrrole nitrogens is 1. The van der Waals surface area contributed by atoms with Crippen LogP contribution in [0, 0.1) is 0 Å². The molecule has 1 aromatic heterocycles. The van der Waals surface area contributed by atoms with Gasteiger partial charge < -0.3 is 9.47 Å². The lowest BCUT2D eigenvalue weighted by Crippen LogP contribution is -1.96. The fourth-order valence-corrected chi connectivity index (χ4v) is 1.91. The van der Waals surface area contributed by atoms with Gasteiger partial charge in [-0.15, -0.1) is 10.2 Å². The third-order valence-electron chi connectivity index (χ3n) is 3.00. The predicted octanol–water partition coefficient (Wildman–Crippen LogP) is 2.45. The van der Waals surface area contributed by atoms with Gasteiger partial charge in [0.15, 0.2) is 0 Å². The van der Waals surface area contributed by atoms with E-state index in [0.29, 0.717) is 12.4 Å². The molecular formula is C15H14N4O2. The summed E-state index contributed by atoms with van der Waals surface area (Å²) in [5, 5.41) is 13.8. The Hall–Kier alpha value is -2.89. The van der Waals surface area contributed by atoms with Crippen LogP contribution in [0.25, 0.3) is 11.4 Å². The molecule has 0 radical (unpaired) electrons. The highest BCUT2D eigenvalue weighted by molar-refractivity contribution is 5.54. The molecule has 2 aromatic carbocycles. The number of tetrazole rings is 1. The molecule has 0 saturated heterocycles. The standard InChI is InChI=1S/C15H14N4O2/c1-20-14-4-2-3-11(9-14)10-21-13-7-5-12(6-8-13)15-16-18-19-17-15/h2-9H,10H2,1H3,(H,16,17,18,19). The average molecular weight is 282 g/mol. The van der Waals surface area contributed by atoms with Crippen LogP contribution in [0.15, 0.2) is 48.5 Å². The van der Waals surface area contributed by atoms with Crippen molar-refractivity contribution < 1.29 is 9.47 Å². The first-order valence-corrected chi connectivity index (χ1v) is 6.45. The summed E-state index contributed by atoms with van der Waals surface area (Å²) in [4.78, 5) is 0. The lowest BCUT2D eigenvalue weighted by molar-refractivity contribution is 0.305. The number of rotatable bonds is 5. The van der Waals surface area contributed by atoms with Crippen molar-refractivity contribution in [2.45, 2.75) is 6.61 Å². The molecule has 0 aliphatic carbocycles. The summed E-state index contributed by atoms with van der Waals surface area (Å²) in [6.45, 7) is 0.485. The van der Waals surface area contributed by atoms with Crippen LogP contribution >= 0.6 is 0 Å². The molecule has 3 rings (SSSR count). The third kappa shape index (κ3) is 3.17. The molecule has 0 aliphatic heterocycles. The van der Waals surface area contributed by atoms with Crippen molar-refractivity contribution in [2.75, 3.05) is 7.11 Å². The van der Waals surface area contributed by atoms with Gasteiger partial charge in [-0.25, -0.2) is 0 Å². The zero-order valence-corrected chi connectivity index (χ0v) is 11.5. The van der Waals surface area contributed by atoms with E-state index in [1.807, 2.05) is 48.5 Å². The van der Waals surface area contributed by atoms with Crippen LogP contribution in [0.2, 0.25) is 0 Å². The Kier molecular flexibility index (Phi) is 3.77. The number of ether oxygens (including phenoxy) is 2. The Morgan fingerprint density at radius 2 is 1.90 bits per heavy atom. The molecule has 6 heteroatoms. The van der Waals surface area contributed by atoms with E-state index < -0.39 is 0 Å². The molecule has 0 bridgehead atoms. The zero-order valence-electron chi connectivity index (χ0n) is 11.5. The van der Waals surface area contributed by atoms with Crippen LogP contribution in [0.4, 0.5) is 0 Å². The molecule has 0 aliphatic rings. The Morgan fingerprint density at radius 3 is 2.62 bits per heavy atom. The highest BCUT2D eigenvalue weighted by Crippen LogP contribution is 2.20. The SMILES string of the molecule is COc1cccc(COc2ccc(-c3nn[nH]n3)cc2)c1. The van der Waals surface area contributed by atoms with Crippen LogP contribution in [0.1, 0.15) is 5.56 Å². The smallest absolute Gasteiger partial charge is 0.204 e. The molecule has 21 heavy (non-hydrogen) atoms. The van der Waals surface area contributed by atoms with E-state index in [2.05, 4.69) is 20.6 Å². The number of nitrogens with one attached hydrogen (secondary N) is 1. The first kappa shape index (κ1) is 13.1. The van der Waals surface area contributed by atoms with E-state index in [9.17, 15) is 0 Å². The van der Waals surface area contributed by atoms with E-state index >= 15 is 0 Å². The Labute approximate surface area is 121 Å². The van der Waals surface area contributed by atoms with E-state index in [1.165, 1.54) is 0 Å². The number of benzene rings is 2. The molecule has 0 saturated carbocycles. The van der Waals surface area contributed by atoms with Gasteiger partial charge in [-0.2, -0.15) is 5.21 Å². The topological polar surface area (TPSA) is 72.9 Å². The molecule has 0 spiro atoms. The van der Waals surface area contributed by atoms with Gasteiger partial charge in [0.05, 0.1) is 7.11 Å². The minimum Gasteiger partial charge on any atom is -0.497 e. The molecule has 6 nitrogen and oxygen atoms in total. The molecule has 0 atom stereocenters. The largest absolute Gasteiger partial charge is 0.497 e. The van der Waals surface area contributed by atoms with Crippen LogP contribution in [-0.2, 0) is 6.61 Å². The lowest BCUT2D eigenvalue weighted by atomic mass is 10.2. The minimum absolute atomic E-state index is 0.485. The van der Waals surface area contributed by atoms with E-state index in [0.717, 1.165) is 22.6 Å². The van der Waals surface area contributed by atoms with Gasteiger partial charge in [0.25, 0.3) is 0 Å². The monoisotopic (exact) mass is 282 g/mol. The molecule has 0 unspecified atom stereocenters. The number of aromatic amines is 1. The number of hydrogen-bond acceptors (Lipinski definition) is 5. The summed E-state index contributed by atoms with van der Waals surface area (Å²) in [6, 6.07) is 15.3. The van der Waals surface area contributed by atoms with Crippen molar-refractivity contribution in [3.63, 3.8) is 0 Å². The number of methoxy groups -OCH3 is 1. The molecular weight excluding hydrogens is 268 g/mol. The van der Waals surface area contributed by atoms with Crippen LogP contribution in [0.5, 0.6) is 11.5 Å². The van der Waals surface area contributed by atoms with Crippen LogP contribution in [0.3, 0.4) is 0 Å². The Bertz CT molecular complexity index is 696. The predicted molar refractivity (Wildman–Crippen MR) is 76.9 cm³/mol. The fourth-order valence-electron chi connectivity index (χ4n) is 1.91. The summed E-state index contributed by atoms with van der Waals surface area (Å²) < 4.78 is 10.9. The van der Waals surface area contributed by atoms with E-state index in [4.69, 9.17) is 9.47 Å². The van der Waals surface area contributed by atoms with Crippen molar-refractivity contribution in [3.8, 4) is 22.9 Å². The fraction of sp³-hybridized carbons (Fsp3) is 0.133. The minimum atomic E-state index is 0.485. The zero-order chi connectivity index (χ0) is 14.5. The van der Waals surface area contributed by atoms with Gasteiger partial charge in [-0.05, 0) is 47.2 Å². The Balaban J connectivity index is 1.65. The van der Waals surface area contributed by atoms with E-state index in [-0.39, 0.29) is 0 Å². The van der Waals surface area contributed by atoms with Crippen LogP contribution < -0.4 is 9.47 Å². The van der Waals surface area contributed by atoms with Crippen molar-refractivity contribution in [2.24, 2.45) is 0 Å². The molecule has 1 N–H and O–H groups in total. The van der Waals surface area contributed by atoms with Crippen molar-refractivity contribution in [1.29, 1.82) is 0 Å². The number of hydrogen-bond donors (Lipinski definition) is 1. The summed E-state index contributed by atoms with van der Waals surface area (Å²) >= 11 is 0. The van der Waals surface area contributed by atoms with Crippen molar-refractivity contribution in [3.05, 3.63) is 54.1 Å². The maximum atomic E-state index is 5.74. The lowest BCUT2D eigenvalue weighted by Gasteiger charge is -2.08. The van der Waals surface area contributed by atoms with Crippen molar-refractivity contribution in [1.82, 2.24) is 20.6 Å². The summed E-state index contributed by atoms with van der Waals surface area (Å²) in [6.07, 6.45) is 0. The second kappa shape index (κ2) is 6.04. The van der Waals surface area contributed by atoms with Gasteiger partial charge in [0.1, 0.15) is 18.1 Å². The average Bonchev–Trinajstić information content (AvgIpc) is 3.08. The number of aromatic nitrogens is 4. The Morgan fingerprint density at radius 1 is 1.05 bits per heavy atom. The quantitative estimate of drug-likeness (QED) is 0.778. The highest BCUT2D eigenvalue weighted by Gasteiger charge is 2.03. The van der Waals surface area contributed by atoms with E-state index in [1.54, 1.807) is 7.11 Å². The van der Waals surface area contributed by atoms with Gasteiger partial charge in [0, 0.05) is 5.56 Å². The van der Waals surface area contributed by atoms with Gasteiger partial charge in [0.2, 0.25) is 5.82 Å². The summed E-state index contributed by atoms with van der Waals surface area (Å²) in [5.41, 5.74) is 1.94. The first-order valence-electron chi connectivity index (χ1n) is 6.45. The third-order valence-corrected chi connectivity index (χ3v) is 3.00. The normalized spacial score (nSPS) is 10.3. The second-order valence-electron chi connectivity index (χ2n) is 4.40. The molecule has 3 aromatic rings. The molecule has 0 amide bonds. The highest BCUT2D eigenvalue weighted by atomic mass is 16.5. The van der Waals surface area contributed by atoms with Crippen molar-refractivity contribution >= 4 is 0 Å². The first-order chi connectivity index (χ1) is 10.3. The van der Waals surface area contributed by atoms with Gasteiger partial charge in [-0.3, -0.25) is 0 Å². The summed E-state index contributed by atoms with van der Waals surface area (Å²) in [5.74, 6) is 2.17. The van der Waals surface area contributed by atoms with Crippen LogP contribution in [-0.4, -0.2) is 27.7 Å². The number of nitrogens with zero attached hydrogens (tertiary/aromatic N) is 3. The van der Waals surface area contributed by atoms with Gasteiger partial charge in [-0.1, -0.05) is 12.1 Å². The maximum Gasteiger partial charge on any atom is 0.204 e. The molecule has 0 fully saturated rings.